The van der Waals surface area contributed by atoms with Gasteiger partial charge >= 0.3 is 23.9 Å². The lowest BCUT2D eigenvalue weighted by molar-refractivity contribution is -0.346. The molecule has 1 aliphatic heterocycles. The van der Waals surface area contributed by atoms with E-state index in [0.29, 0.717) is 12.8 Å². The molecule has 1 amide bonds. The van der Waals surface area contributed by atoms with E-state index in [9.17, 15) is 39.3 Å². The minimum Gasteiger partial charge on any atom is -0.456 e. The maximum atomic E-state index is 15.3. The van der Waals surface area contributed by atoms with Crippen molar-refractivity contribution in [3.05, 3.63) is 47.0 Å². The first kappa shape index (κ1) is 39.5. The number of carbonyl (C=O) groups excluding carboxylic acids is 6. The molecular formula is C39H49NO14. The van der Waals surface area contributed by atoms with E-state index in [1.807, 2.05) is 0 Å². The van der Waals surface area contributed by atoms with Crippen LogP contribution in [0.25, 0.3) is 0 Å². The highest BCUT2D eigenvalue weighted by atomic mass is 16.6. The van der Waals surface area contributed by atoms with Gasteiger partial charge in [-0.05, 0) is 55.9 Å². The molecule has 3 saturated carbocycles. The van der Waals surface area contributed by atoms with Gasteiger partial charge in [-0.3, -0.25) is 19.2 Å². The Labute approximate surface area is 312 Å². The van der Waals surface area contributed by atoms with Crippen molar-refractivity contribution in [1.29, 1.82) is 0 Å². The van der Waals surface area contributed by atoms with Gasteiger partial charge in [-0.1, -0.05) is 32.0 Å². The number of esters is 4. The van der Waals surface area contributed by atoms with Crippen molar-refractivity contribution in [2.45, 2.75) is 128 Å². The van der Waals surface area contributed by atoms with E-state index in [4.69, 9.17) is 23.7 Å². The van der Waals surface area contributed by atoms with Crippen LogP contribution in [0.1, 0.15) is 84.5 Å². The maximum absolute atomic E-state index is 15.3. The van der Waals surface area contributed by atoms with Crippen LogP contribution in [-0.4, -0.2) is 111 Å². The van der Waals surface area contributed by atoms with Gasteiger partial charge < -0.3 is 44.3 Å². The Hall–Kier alpha value is -4.18. The monoisotopic (exact) mass is 755 g/mol. The number of hydrogen-bond acceptors (Lipinski definition) is 14. The number of fused-ring (bicyclic) bond motifs is 5. The molecule has 5 aliphatic rings. The molecule has 0 aromatic heterocycles. The van der Waals surface area contributed by atoms with E-state index < -0.39 is 113 Å². The summed E-state index contributed by atoms with van der Waals surface area (Å²) in [5.74, 6) is -6.65. The largest absolute Gasteiger partial charge is 0.456 e. The third kappa shape index (κ3) is 6.22. The SMILES string of the molecule is CC(=O)N[C@@H](C1CC1)[C@@H](O)C(=O)O[C@H]1C[C@@]2(O)[C@@H](OC(=O)c3ccccc3)[C@@H]3[C@]4(OC(C)=O)CO[C@@H]4C[C@H](O)[C@@]3(C)C(=O)[C@H](OC(C)=O)C(=C1C)C2(C)C. The number of carbonyl (C=O) groups is 6. The topological polar surface area (TPSA) is 221 Å². The molecule has 15 heteroatoms. The molecule has 4 aliphatic carbocycles. The lowest BCUT2D eigenvalue weighted by atomic mass is 9.44. The average Bonchev–Trinajstić information content (AvgIpc) is 3.94. The summed E-state index contributed by atoms with van der Waals surface area (Å²) in [6, 6.07) is 6.92. The third-order valence-electron chi connectivity index (χ3n) is 12.5. The number of hydrogen-bond donors (Lipinski definition) is 4. The smallest absolute Gasteiger partial charge is 0.338 e. The molecule has 54 heavy (non-hydrogen) atoms. The summed E-state index contributed by atoms with van der Waals surface area (Å²) < 4.78 is 29.9. The molecule has 1 aromatic rings. The Balaban J connectivity index is 1.58. The number of nitrogens with one attached hydrogen (secondary N) is 1. The van der Waals surface area contributed by atoms with Crippen LogP contribution in [0.2, 0.25) is 0 Å². The summed E-state index contributed by atoms with van der Waals surface area (Å²) in [6.45, 7) is 9.31. The van der Waals surface area contributed by atoms with Gasteiger partial charge in [0.25, 0.3) is 0 Å². The van der Waals surface area contributed by atoms with E-state index in [1.54, 1.807) is 32.0 Å². The molecule has 1 saturated heterocycles. The predicted octanol–water partition coefficient (Wildman–Crippen LogP) is 1.48. The van der Waals surface area contributed by atoms with E-state index in [0.717, 1.165) is 13.8 Å². The fourth-order valence-electron chi connectivity index (χ4n) is 9.52. The minimum absolute atomic E-state index is 0.0329. The van der Waals surface area contributed by atoms with Crippen LogP contribution in [0.3, 0.4) is 0 Å². The number of ketones is 1. The summed E-state index contributed by atoms with van der Waals surface area (Å²) in [7, 11) is 0. The van der Waals surface area contributed by atoms with Gasteiger partial charge in [-0.25, -0.2) is 9.59 Å². The highest BCUT2D eigenvalue weighted by molar-refractivity contribution is 5.95. The molecule has 294 valence electrons. The maximum Gasteiger partial charge on any atom is 0.338 e. The van der Waals surface area contributed by atoms with E-state index in [1.165, 1.54) is 32.9 Å². The van der Waals surface area contributed by atoms with Crippen LogP contribution >= 0.6 is 0 Å². The molecular weight excluding hydrogens is 706 g/mol. The van der Waals surface area contributed by atoms with E-state index in [-0.39, 0.29) is 35.7 Å². The summed E-state index contributed by atoms with van der Waals surface area (Å²) in [6.07, 6.45) is -8.63. The molecule has 4 N–H and O–H groups in total. The number of benzene rings is 1. The van der Waals surface area contributed by atoms with Crippen LogP contribution in [0.4, 0.5) is 0 Å². The molecule has 4 fully saturated rings. The van der Waals surface area contributed by atoms with Crippen molar-refractivity contribution in [2.75, 3.05) is 6.61 Å². The highest BCUT2D eigenvalue weighted by Crippen LogP contribution is 2.64. The minimum atomic E-state index is -2.33. The van der Waals surface area contributed by atoms with Gasteiger partial charge in [0.15, 0.2) is 23.6 Å². The number of Topliss-reactive ketones (excluding diaryl/α,β-unsaturated/α-hetero) is 1. The second kappa shape index (κ2) is 13.8. The molecule has 0 unspecified atom stereocenters. The fraction of sp³-hybridized carbons (Fsp3) is 0.641. The van der Waals surface area contributed by atoms with Crippen LogP contribution in [0.5, 0.6) is 0 Å². The van der Waals surface area contributed by atoms with Crippen LogP contribution in [-0.2, 0) is 47.7 Å². The molecule has 0 radical (unpaired) electrons. The number of aliphatic hydroxyl groups is 3. The van der Waals surface area contributed by atoms with Gasteiger partial charge in [-0.15, -0.1) is 0 Å². The molecule has 1 heterocycles. The van der Waals surface area contributed by atoms with Crippen LogP contribution < -0.4 is 5.32 Å². The number of ether oxygens (including phenoxy) is 5. The molecule has 11 atom stereocenters. The summed E-state index contributed by atoms with van der Waals surface area (Å²) in [5, 5.41) is 39.2. The zero-order valence-corrected chi connectivity index (χ0v) is 31.5. The number of aliphatic hydroxyl groups excluding tert-OH is 2. The Morgan fingerprint density at radius 3 is 2.15 bits per heavy atom. The first-order valence-electron chi connectivity index (χ1n) is 18.3. The Morgan fingerprint density at radius 1 is 0.963 bits per heavy atom. The van der Waals surface area contributed by atoms with Crippen molar-refractivity contribution >= 4 is 35.6 Å². The van der Waals surface area contributed by atoms with Crippen molar-refractivity contribution in [2.24, 2.45) is 22.7 Å². The third-order valence-corrected chi connectivity index (χ3v) is 12.5. The normalized spacial score (nSPS) is 36.4. The molecule has 6 rings (SSSR count). The second-order valence-corrected chi connectivity index (χ2v) is 16.2. The lowest BCUT2D eigenvalue weighted by Gasteiger charge is -2.67. The van der Waals surface area contributed by atoms with Gasteiger partial charge in [0.2, 0.25) is 5.91 Å². The van der Waals surface area contributed by atoms with Crippen molar-refractivity contribution in [1.82, 2.24) is 5.32 Å². The molecule has 1 aromatic carbocycles. The number of rotatable bonds is 9. The zero-order chi connectivity index (χ0) is 39.7. The first-order chi connectivity index (χ1) is 25.2. The van der Waals surface area contributed by atoms with E-state index >= 15 is 4.79 Å². The van der Waals surface area contributed by atoms with Gasteiger partial charge in [0.1, 0.15) is 23.9 Å². The summed E-state index contributed by atoms with van der Waals surface area (Å²) in [5.41, 5.74) is -7.35. The fourth-order valence-corrected chi connectivity index (χ4v) is 9.52. The highest BCUT2D eigenvalue weighted by Gasteiger charge is 2.78. The van der Waals surface area contributed by atoms with Crippen LogP contribution in [0, 0.1) is 22.7 Å². The zero-order valence-electron chi connectivity index (χ0n) is 31.5. The van der Waals surface area contributed by atoms with Crippen molar-refractivity contribution < 1.29 is 67.8 Å². The summed E-state index contributed by atoms with van der Waals surface area (Å²) >= 11 is 0. The lowest BCUT2D eigenvalue weighted by Crippen LogP contribution is -2.82. The van der Waals surface area contributed by atoms with Gasteiger partial charge in [0.05, 0.1) is 35.6 Å². The van der Waals surface area contributed by atoms with Gasteiger partial charge in [0, 0.05) is 39.0 Å². The van der Waals surface area contributed by atoms with Crippen molar-refractivity contribution in [3.8, 4) is 0 Å². The standard InChI is InChI=1S/C39H49NO14/c1-18-24(52-35(48)29(45)28(22-13-14-22)40-19(2)41)16-39(49)33(53-34(47)23-11-9-8-10-12-23)31-37(7,25(44)15-26-38(31,17-50-26)54-21(4)43)32(46)30(51-20(3)42)27(18)36(39,5)6/h8-12,22,24-26,28-31,33,44-45,49H,13-17H2,1-7H3,(H,40,41)/t24-,25-,26+,28-,29+,30+,31-,33-,37+,38-,39+/m0/s1. The second-order valence-electron chi connectivity index (χ2n) is 16.2. The quantitative estimate of drug-likeness (QED) is 0.159. The summed E-state index contributed by atoms with van der Waals surface area (Å²) in [4.78, 5) is 80.8. The van der Waals surface area contributed by atoms with Crippen molar-refractivity contribution in [3.63, 3.8) is 0 Å². The molecule has 15 nitrogen and oxygen atoms in total. The Kier molecular flexibility index (Phi) is 10.1. The Morgan fingerprint density at radius 2 is 1.61 bits per heavy atom. The first-order valence-corrected chi connectivity index (χ1v) is 18.3. The average molecular weight is 756 g/mol. The number of amides is 1. The predicted molar refractivity (Wildman–Crippen MR) is 185 cm³/mol. The van der Waals surface area contributed by atoms with Gasteiger partial charge in [-0.2, -0.15) is 0 Å². The Bertz CT molecular complexity index is 1770. The molecule has 0 spiro atoms. The van der Waals surface area contributed by atoms with E-state index in [2.05, 4.69) is 5.32 Å². The molecule has 2 bridgehead atoms. The van der Waals surface area contributed by atoms with Crippen LogP contribution in [0.15, 0.2) is 41.5 Å².